The molecule has 4 nitrogen and oxygen atoms in total. The van der Waals surface area contributed by atoms with Crippen molar-refractivity contribution in [1.82, 2.24) is 9.78 Å². The number of aromatic nitrogens is 3. The molecule has 1 aliphatic carbocycles. The molecule has 0 fully saturated rings. The van der Waals surface area contributed by atoms with Gasteiger partial charge in [-0.3, -0.25) is 0 Å². The van der Waals surface area contributed by atoms with Gasteiger partial charge < -0.3 is 4.74 Å². The SMILES string of the molecule is CCc1cccc(CC)c1-n1c[n+]2c(n1)COC1Cc3ccccc3C12. The largest absolute Gasteiger partial charge is 0.363 e. The normalized spacial score (nSPS) is 20.5. The van der Waals surface area contributed by atoms with Crippen LogP contribution >= 0.6 is 0 Å². The third-order valence-electron chi connectivity index (χ3n) is 5.82. The predicted octanol–water partition coefficient (Wildman–Crippen LogP) is 3.33. The summed E-state index contributed by atoms with van der Waals surface area (Å²) in [6, 6.07) is 15.5. The highest BCUT2D eigenvalue weighted by Gasteiger charge is 2.43. The fourth-order valence-electron chi connectivity index (χ4n) is 4.54. The van der Waals surface area contributed by atoms with Crippen LogP contribution in [0.4, 0.5) is 0 Å². The minimum Gasteiger partial charge on any atom is -0.363 e. The number of rotatable bonds is 3. The molecule has 4 heteroatoms. The van der Waals surface area contributed by atoms with Gasteiger partial charge in [0.15, 0.2) is 0 Å². The highest BCUT2D eigenvalue weighted by Crippen LogP contribution is 2.35. The van der Waals surface area contributed by atoms with Crippen molar-refractivity contribution in [1.29, 1.82) is 0 Å². The lowest BCUT2D eigenvalue weighted by atomic mass is 10.0. The minimum absolute atomic E-state index is 0.217. The molecule has 0 amide bonds. The molecule has 2 heterocycles. The van der Waals surface area contributed by atoms with Crippen molar-refractivity contribution in [2.75, 3.05) is 0 Å². The molecule has 3 aromatic rings. The lowest BCUT2D eigenvalue weighted by Crippen LogP contribution is -2.51. The molecule has 0 radical (unpaired) electrons. The number of hydrogen-bond acceptors (Lipinski definition) is 2. The first-order valence-electron chi connectivity index (χ1n) is 9.60. The first-order valence-corrected chi connectivity index (χ1v) is 9.60. The lowest BCUT2D eigenvalue weighted by molar-refractivity contribution is -0.739. The van der Waals surface area contributed by atoms with Crippen molar-refractivity contribution in [3.63, 3.8) is 0 Å². The van der Waals surface area contributed by atoms with Gasteiger partial charge in [-0.1, -0.05) is 61.0 Å². The van der Waals surface area contributed by atoms with Gasteiger partial charge in [0.2, 0.25) is 6.33 Å². The average Bonchev–Trinajstić information content (AvgIpc) is 3.27. The summed E-state index contributed by atoms with van der Waals surface area (Å²) < 4.78 is 10.6. The average molecular weight is 346 g/mol. The maximum Gasteiger partial charge on any atom is 0.304 e. The van der Waals surface area contributed by atoms with E-state index < -0.39 is 0 Å². The van der Waals surface area contributed by atoms with E-state index in [4.69, 9.17) is 9.84 Å². The maximum atomic E-state index is 6.18. The van der Waals surface area contributed by atoms with Gasteiger partial charge in [-0.15, -0.1) is 0 Å². The molecule has 2 unspecified atom stereocenters. The summed E-state index contributed by atoms with van der Waals surface area (Å²) in [5, 5.41) is 4.93. The zero-order valence-electron chi connectivity index (χ0n) is 15.4. The molecule has 1 aliphatic heterocycles. The van der Waals surface area contributed by atoms with Crippen molar-refractivity contribution in [2.45, 2.75) is 51.9 Å². The van der Waals surface area contributed by atoms with Gasteiger partial charge in [-0.2, -0.15) is 0 Å². The standard InChI is InChI=1S/C22H24N3O/c1-3-15-9-7-10-16(4-2)21(15)25-14-24-20(23-25)13-26-19-12-17-8-5-6-11-18(17)22(19)24/h5-11,14,19,22H,3-4,12-13H2,1-2H3/q+1. The molecule has 2 aliphatic rings. The van der Waals surface area contributed by atoms with E-state index in [1.807, 2.05) is 0 Å². The van der Waals surface area contributed by atoms with E-state index in [0.29, 0.717) is 6.61 Å². The molecular formula is C22H24N3O+. The van der Waals surface area contributed by atoms with E-state index in [9.17, 15) is 0 Å². The van der Waals surface area contributed by atoms with Crippen LogP contribution in [0.5, 0.6) is 0 Å². The van der Waals surface area contributed by atoms with Crippen LogP contribution in [-0.4, -0.2) is 15.9 Å². The van der Waals surface area contributed by atoms with E-state index >= 15 is 0 Å². The number of aryl methyl sites for hydroxylation is 2. The highest BCUT2D eigenvalue weighted by molar-refractivity contribution is 5.47. The monoisotopic (exact) mass is 346 g/mol. The molecule has 1 aromatic heterocycles. The molecule has 0 spiro atoms. The molecule has 5 rings (SSSR count). The van der Waals surface area contributed by atoms with Gasteiger partial charge in [0, 0.05) is 11.5 Å². The Kier molecular flexibility index (Phi) is 3.68. The van der Waals surface area contributed by atoms with Crippen LogP contribution in [-0.2, 0) is 30.6 Å². The number of para-hydroxylation sites is 1. The molecule has 2 atom stereocenters. The summed E-state index contributed by atoms with van der Waals surface area (Å²) in [5.41, 5.74) is 6.70. The van der Waals surface area contributed by atoms with Crippen LogP contribution in [0.15, 0.2) is 48.8 Å². The molecule has 132 valence electrons. The van der Waals surface area contributed by atoms with Gasteiger partial charge in [0.1, 0.15) is 24.4 Å². The van der Waals surface area contributed by atoms with Crippen LogP contribution in [0.1, 0.15) is 48.0 Å². The summed E-state index contributed by atoms with van der Waals surface area (Å²) in [6.07, 6.45) is 5.40. The van der Waals surface area contributed by atoms with Gasteiger partial charge in [0.05, 0.1) is 0 Å². The summed E-state index contributed by atoms with van der Waals surface area (Å²) in [5.74, 6) is 1.01. The Hall–Kier alpha value is -2.46. The third-order valence-corrected chi connectivity index (χ3v) is 5.82. The van der Waals surface area contributed by atoms with Crippen molar-refractivity contribution in [3.05, 3.63) is 76.9 Å². The molecule has 0 bridgehead atoms. The first-order chi connectivity index (χ1) is 12.8. The van der Waals surface area contributed by atoms with Crippen molar-refractivity contribution in [2.24, 2.45) is 0 Å². The lowest BCUT2D eigenvalue weighted by Gasteiger charge is -2.23. The number of benzene rings is 2. The predicted molar refractivity (Wildman–Crippen MR) is 99.4 cm³/mol. The van der Waals surface area contributed by atoms with E-state index in [-0.39, 0.29) is 12.1 Å². The van der Waals surface area contributed by atoms with Gasteiger partial charge in [-0.05, 0) is 35.1 Å². The quantitative estimate of drug-likeness (QED) is 0.681. The Morgan fingerprint density at radius 1 is 1.08 bits per heavy atom. The Balaban J connectivity index is 1.66. The zero-order chi connectivity index (χ0) is 17.7. The summed E-state index contributed by atoms with van der Waals surface area (Å²) in [6.45, 7) is 5.00. The zero-order valence-corrected chi connectivity index (χ0v) is 15.4. The van der Waals surface area contributed by atoms with Gasteiger partial charge >= 0.3 is 5.82 Å². The number of hydrogen-bond donors (Lipinski definition) is 0. The van der Waals surface area contributed by atoms with Crippen LogP contribution in [0.3, 0.4) is 0 Å². The maximum absolute atomic E-state index is 6.18. The van der Waals surface area contributed by atoms with Crippen LogP contribution in [0.2, 0.25) is 0 Å². The van der Waals surface area contributed by atoms with Crippen LogP contribution in [0, 0.1) is 0 Å². The fraction of sp³-hybridized carbons (Fsp3) is 0.364. The second-order valence-corrected chi connectivity index (χ2v) is 7.21. The van der Waals surface area contributed by atoms with Crippen LogP contribution in [0.25, 0.3) is 5.69 Å². The van der Waals surface area contributed by atoms with E-state index in [1.165, 1.54) is 27.9 Å². The van der Waals surface area contributed by atoms with E-state index in [2.05, 4.69) is 71.9 Å². The summed E-state index contributed by atoms with van der Waals surface area (Å²) in [4.78, 5) is 0. The summed E-state index contributed by atoms with van der Waals surface area (Å²) in [7, 11) is 0. The fourth-order valence-corrected chi connectivity index (χ4v) is 4.54. The molecule has 0 saturated heterocycles. The Bertz CT molecular complexity index is 953. The smallest absolute Gasteiger partial charge is 0.304 e. The number of nitrogens with zero attached hydrogens (tertiary/aromatic N) is 3. The van der Waals surface area contributed by atoms with E-state index in [1.54, 1.807) is 0 Å². The second kappa shape index (κ2) is 6.06. The second-order valence-electron chi connectivity index (χ2n) is 7.21. The Morgan fingerprint density at radius 3 is 2.62 bits per heavy atom. The molecular weight excluding hydrogens is 322 g/mol. The Morgan fingerprint density at radius 2 is 1.85 bits per heavy atom. The molecule has 0 N–H and O–H groups in total. The third kappa shape index (κ3) is 2.25. The topological polar surface area (TPSA) is 30.9 Å². The molecule has 0 saturated carbocycles. The van der Waals surface area contributed by atoms with Crippen molar-refractivity contribution >= 4 is 0 Å². The van der Waals surface area contributed by atoms with Crippen LogP contribution < -0.4 is 4.57 Å². The number of ether oxygens (including phenoxy) is 1. The molecule has 2 aromatic carbocycles. The van der Waals surface area contributed by atoms with Crippen molar-refractivity contribution < 1.29 is 9.30 Å². The van der Waals surface area contributed by atoms with Gasteiger partial charge in [-0.25, -0.2) is 4.57 Å². The van der Waals surface area contributed by atoms with E-state index in [0.717, 1.165) is 25.1 Å². The summed E-state index contributed by atoms with van der Waals surface area (Å²) >= 11 is 0. The van der Waals surface area contributed by atoms with Crippen molar-refractivity contribution in [3.8, 4) is 5.69 Å². The van der Waals surface area contributed by atoms with Gasteiger partial charge in [0.25, 0.3) is 0 Å². The number of fused-ring (bicyclic) bond motifs is 5. The Labute approximate surface area is 154 Å². The molecule has 26 heavy (non-hydrogen) atoms. The minimum atomic E-state index is 0.217. The highest BCUT2D eigenvalue weighted by atomic mass is 16.5. The first kappa shape index (κ1) is 15.8.